The van der Waals surface area contributed by atoms with Crippen LogP contribution in [0.15, 0.2) is 65.6 Å². The molecule has 1 heterocycles. The number of nitro benzene ring substituents is 1. The lowest BCUT2D eigenvalue weighted by molar-refractivity contribution is -0.384. The van der Waals surface area contributed by atoms with Gasteiger partial charge >= 0.3 is 0 Å². The minimum atomic E-state index is -0.525. The van der Waals surface area contributed by atoms with Gasteiger partial charge in [0.2, 0.25) is 0 Å². The van der Waals surface area contributed by atoms with Gasteiger partial charge in [0.05, 0.1) is 28.5 Å². The molecule has 1 fully saturated rings. The molecular formula is C27H22ClN3O7S. The van der Waals surface area contributed by atoms with Crippen molar-refractivity contribution < 1.29 is 28.8 Å². The highest BCUT2D eigenvalue weighted by atomic mass is 35.5. The van der Waals surface area contributed by atoms with Gasteiger partial charge in [-0.05, 0) is 65.7 Å². The summed E-state index contributed by atoms with van der Waals surface area (Å²) in [5.74, 6) is -0.500. The fourth-order valence-corrected chi connectivity index (χ4v) is 4.83. The number of nitrogens with one attached hydrogen (secondary N) is 1. The molecule has 4 rings (SSSR count). The summed E-state index contributed by atoms with van der Waals surface area (Å²) >= 11 is 7.18. The summed E-state index contributed by atoms with van der Waals surface area (Å²) < 4.78 is 11.0. The normalized spacial score (nSPS) is 14.0. The summed E-state index contributed by atoms with van der Waals surface area (Å²) in [5.41, 5.74) is 2.60. The van der Waals surface area contributed by atoms with E-state index in [0.29, 0.717) is 16.8 Å². The number of imide groups is 1. The van der Waals surface area contributed by atoms with Crippen LogP contribution in [0, 0.1) is 17.0 Å². The van der Waals surface area contributed by atoms with Crippen LogP contribution in [0.25, 0.3) is 6.08 Å². The van der Waals surface area contributed by atoms with Gasteiger partial charge in [0.15, 0.2) is 18.1 Å². The molecule has 10 nitrogen and oxygen atoms in total. The Morgan fingerprint density at radius 2 is 1.90 bits per heavy atom. The highest BCUT2D eigenvalue weighted by molar-refractivity contribution is 8.18. The molecule has 0 spiro atoms. The molecule has 1 N–H and O–H groups in total. The molecule has 0 saturated carbocycles. The lowest BCUT2D eigenvalue weighted by Crippen LogP contribution is -2.27. The zero-order valence-electron chi connectivity index (χ0n) is 20.8. The van der Waals surface area contributed by atoms with E-state index >= 15 is 0 Å². The minimum absolute atomic E-state index is 0.0263. The number of carbonyl (C=O) groups is 3. The number of non-ortho nitro benzene ring substituents is 1. The van der Waals surface area contributed by atoms with Crippen molar-refractivity contribution in [2.45, 2.75) is 13.5 Å². The number of carbonyl (C=O) groups excluding carboxylic acids is 3. The molecule has 1 saturated heterocycles. The third-order valence-corrected chi connectivity index (χ3v) is 6.75. The van der Waals surface area contributed by atoms with E-state index in [4.69, 9.17) is 21.1 Å². The van der Waals surface area contributed by atoms with Crippen molar-refractivity contribution in [3.63, 3.8) is 0 Å². The predicted octanol–water partition coefficient (Wildman–Crippen LogP) is 5.82. The van der Waals surface area contributed by atoms with Gasteiger partial charge in [-0.15, -0.1) is 0 Å². The van der Waals surface area contributed by atoms with E-state index in [1.807, 2.05) is 25.1 Å². The van der Waals surface area contributed by atoms with Crippen molar-refractivity contribution in [2.75, 3.05) is 19.0 Å². The quantitative estimate of drug-likeness (QED) is 0.195. The predicted molar refractivity (Wildman–Crippen MR) is 148 cm³/mol. The molecule has 1 aliphatic rings. The topological polar surface area (TPSA) is 128 Å². The summed E-state index contributed by atoms with van der Waals surface area (Å²) in [6, 6.07) is 16.1. The number of ether oxygens (including phenoxy) is 2. The first-order valence-corrected chi connectivity index (χ1v) is 12.7. The van der Waals surface area contributed by atoms with Crippen LogP contribution in [0.2, 0.25) is 5.02 Å². The fraction of sp³-hybridized carbons (Fsp3) is 0.148. The Bertz CT molecular complexity index is 1490. The van der Waals surface area contributed by atoms with Gasteiger partial charge in [-0.1, -0.05) is 35.9 Å². The van der Waals surface area contributed by atoms with Crippen molar-refractivity contribution in [3.05, 3.63) is 97.4 Å². The average Bonchev–Trinajstić information content (AvgIpc) is 3.15. The van der Waals surface area contributed by atoms with Crippen LogP contribution in [-0.4, -0.2) is 40.6 Å². The Morgan fingerprint density at radius 1 is 1.15 bits per heavy atom. The maximum absolute atomic E-state index is 12.9. The second-order valence-electron chi connectivity index (χ2n) is 8.43. The fourth-order valence-electron chi connectivity index (χ4n) is 3.71. The molecule has 1 aliphatic heterocycles. The largest absolute Gasteiger partial charge is 0.493 e. The van der Waals surface area contributed by atoms with Crippen LogP contribution in [0.5, 0.6) is 11.5 Å². The molecule has 3 aromatic carbocycles. The number of benzene rings is 3. The number of hydrogen-bond donors (Lipinski definition) is 1. The summed E-state index contributed by atoms with van der Waals surface area (Å²) in [5, 5.41) is 13.3. The van der Waals surface area contributed by atoms with Gasteiger partial charge in [-0.3, -0.25) is 29.4 Å². The Kier molecular flexibility index (Phi) is 8.52. The molecule has 0 radical (unpaired) electrons. The first-order chi connectivity index (χ1) is 18.6. The number of nitro groups is 1. The molecule has 12 heteroatoms. The SMILES string of the molecule is COc1cc(/C=C2\SC(=O)N(Cc3ccc([N+](=O)[O-])cc3)C2=O)cc(Cl)c1OCC(=O)Nc1cccc(C)c1. The van der Waals surface area contributed by atoms with Gasteiger partial charge in [0.1, 0.15) is 0 Å². The molecule has 0 aromatic heterocycles. The van der Waals surface area contributed by atoms with Gasteiger partial charge in [0, 0.05) is 17.8 Å². The van der Waals surface area contributed by atoms with Gasteiger partial charge < -0.3 is 14.8 Å². The molecule has 3 amide bonds. The number of nitrogens with zero attached hydrogens (tertiary/aromatic N) is 2. The summed E-state index contributed by atoms with van der Waals surface area (Å²) in [7, 11) is 1.41. The van der Waals surface area contributed by atoms with E-state index in [1.54, 1.807) is 12.1 Å². The number of aryl methyl sites for hydroxylation is 1. The van der Waals surface area contributed by atoms with Crippen molar-refractivity contribution in [2.24, 2.45) is 0 Å². The molecular weight excluding hydrogens is 546 g/mol. The maximum atomic E-state index is 12.9. The lowest BCUT2D eigenvalue weighted by Gasteiger charge is -2.14. The van der Waals surface area contributed by atoms with Crippen LogP contribution >= 0.6 is 23.4 Å². The maximum Gasteiger partial charge on any atom is 0.293 e. The van der Waals surface area contributed by atoms with E-state index < -0.39 is 16.1 Å². The smallest absolute Gasteiger partial charge is 0.293 e. The monoisotopic (exact) mass is 567 g/mol. The van der Waals surface area contributed by atoms with Crippen LogP contribution in [-0.2, 0) is 16.1 Å². The first-order valence-electron chi connectivity index (χ1n) is 11.5. The number of rotatable bonds is 9. The zero-order valence-corrected chi connectivity index (χ0v) is 22.4. The van der Waals surface area contributed by atoms with Crippen LogP contribution in [0.1, 0.15) is 16.7 Å². The number of methoxy groups -OCH3 is 1. The number of amides is 3. The van der Waals surface area contributed by atoms with Gasteiger partial charge in [0.25, 0.3) is 22.7 Å². The number of anilines is 1. The second kappa shape index (κ2) is 12.0. The van der Waals surface area contributed by atoms with Gasteiger partial charge in [-0.25, -0.2) is 0 Å². The third kappa shape index (κ3) is 6.75. The van der Waals surface area contributed by atoms with Crippen molar-refractivity contribution in [1.29, 1.82) is 0 Å². The third-order valence-electron chi connectivity index (χ3n) is 5.56. The summed E-state index contributed by atoms with van der Waals surface area (Å²) in [4.78, 5) is 49.3. The van der Waals surface area contributed by atoms with E-state index in [1.165, 1.54) is 43.5 Å². The van der Waals surface area contributed by atoms with Crippen molar-refractivity contribution in [3.8, 4) is 11.5 Å². The van der Waals surface area contributed by atoms with Crippen LogP contribution < -0.4 is 14.8 Å². The average molecular weight is 568 g/mol. The Balaban J connectivity index is 1.45. The zero-order chi connectivity index (χ0) is 28.1. The van der Waals surface area contributed by atoms with Crippen LogP contribution in [0.4, 0.5) is 16.2 Å². The molecule has 200 valence electrons. The van der Waals surface area contributed by atoms with E-state index in [0.717, 1.165) is 22.2 Å². The Morgan fingerprint density at radius 3 is 2.56 bits per heavy atom. The molecule has 3 aromatic rings. The van der Waals surface area contributed by atoms with Crippen molar-refractivity contribution in [1.82, 2.24) is 4.90 Å². The molecule has 0 bridgehead atoms. The first kappa shape index (κ1) is 27.7. The highest BCUT2D eigenvalue weighted by Crippen LogP contribution is 2.39. The minimum Gasteiger partial charge on any atom is -0.493 e. The molecule has 0 aliphatic carbocycles. The summed E-state index contributed by atoms with van der Waals surface area (Å²) in [6.45, 7) is 1.57. The lowest BCUT2D eigenvalue weighted by atomic mass is 10.1. The standard InChI is InChI=1S/C27H22ClN3O7S/c1-16-4-3-5-19(10-16)29-24(32)15-38-25-21(28)11-18(12-22(25)37-2)13-23-26(33)30(27(34)39-23)14-17-6-8-20(9-7-17)31(35)36/h3-13H,14-15H2,1-2H3,(H,29,32)/b23-13-. The summed E-state index contributed by atoms with van der Waals surface area (Å²) in [6.07, 6.45) is 1.50. The van der Waals surface area contributed by atoms with E-state index in [2.05, 4.69) is 5.32 Å². The van der Waals surface area contributed by atoms with Gasteiger partial charge in [-0.2, -0.15) is 0 Å². The highest BCUT2D eigenvalue weighted by Gasteiger charge is 2.35. The van der Waals surface area contributed by atoms with E-state index in [9.17, 15) is 24.5 Å². The van der Waals surface area contributed by atoms with Crippen LogP contribution in [0.3, 0.4) is 0 Å². The number of halogens is 1. The number of hydrogen-bond acceptors (Lipinski definition) is 8. The number of thioether (sulfide) groups is 1. The Labute approximate surface area is 232 Å². The molecule has 39 heavy (non-hydrogen) atoms. The van der Waals surface area contributed by atoms with E-state index in [-0.39, 0.29) is 46.2 Å². The second-order valence-corrected chi connectivity index (χ2v) is 9.83. The Hall–Kier alpha value is -4.35. The van der Waals surface area contributed by atoms with Crippen molar-refractivity contribution >= 4 is 57.9 Å². The molecule has 0 unspecified atom stereocenters. The molecule has 0 atom stereocenters.